The summed E-state index contributed by atoms with van der Waals surface area (Å²) in [5, 5.41) is 0. The van der Waals surface area contributed by atoms with E-state index < -0.39 is 11.4 Å². The van der Waals surface area contributed by atoms with Gasteiger partial charge in [0.25, 0.3) is 0 Å². The summed E-state index contributed by atoms with van der Waals surface area (Å²) in [6, 6.07) is 4.04. The fourth-order valence-corrected chi connectivity index (χ4v) is 3.08. The standard InChI is InChI=1S/C15H17FN2O3/c16-10-1-2-13-11(7-10)12(19)8-15(21-13)3-5-18(6-4-15)9-14(17)20/h1-2,7H,3-6,8-9H2,(H2,17,20). The summed E-state index contributed by atoms with van der Waals surface area (Å²) in [5.74, 6) is -0.416. The summed E-state index contributed by atoms with van der Waals surface area (Å²) in [7, 11) is 0. The molecule has 3 rings (SSSR count). The Balaban J connectivity index is 1.76. The monoisotopic (exact) mass is 292 g/mol. The van der Waals surface area contributed by atoms with E-state index in [1.807, 2.05) is 4.90 Å². The van der Waals surface area contributed by atoms with E-state index in [0.29, 0.717) is 37.2 Å². The summed E-state index contributed by atoms with van der Waals surface area (Å²) in [4.78, 5) is 25.1. The van der Waals surface area contributed by atoms with Crippen molar-refractivity contribution >= 4 is 11.7 Å². The first-order valence-corrected chi connectivity index (χ1v) is 7.00. The molecule has 2 N–H and O–H groups in total. The molecule has 2 heterocycles. The smallest absolute Gasteiger partial charge is 0.231 e. The zero-order valence-electron chi connectivity index (χ0n) is 11.6. The second-order valence-electron chi connectivity index (χ2n) is 5.77. The van der Waals surface area contributed by atoms with Crippen molar-refractivity contribution in [1.29, 1.82) is 0 Å². The number of carbonyl (C=O) groups is 2. The Hall–Kier alpha value is -1.95. The second kappa shape index (κ2) is 5.11. The Bertz CT molecular complexity index is 595. The molecular weight excluding hydrogens is 275 g/mol. The predicted molar refractivity (Wildman–Crippen MR) is 73.6 cm³/mol. The first-order valence-electron chi connectivity index (χ1n) is 7.00. The molecule has 112 valence electrons. The van der Waals surface area contributed by atoms with Gasteiger partial charge in [-0.3, -0.25) is 14.5 Å². The molecule has 0 atom stereocenters. The lowest BCUT2D eigenvalue weighted by Crippen LogP contribution is -2.52. The Morgan fingerprint density at radius 2 is 2.10 bits per heavy atom. The fourth-order valence-electron chi connectivity index (χ4n) is 3.08. The summed E-state index contributed by atoms with van der Waals surface area (Å²) < 4.78 is 19.2. The third kappa shape index (κ3) is 2.76. The lowest BCUT2D eigenvalue weighted by atomic mass is 9.82. The molecule has 0 aromatic heterocycles. The molecule has 1 aromatic rings. The number of ketones is 1. The van der Waals surface area contributed by atoms with Gasteiger partial charge < -0.3 is 10.5 Å². The molecule has 2 aliphatic heterocycles. The molecule has 1 amide bonds. The van der Waals surface area contributed by atoms with E-state index in [4.69, 9.17) is 10.5 Å². The van der Waals surface area contributed by atoms with Gasteiger partial charge in [0.15, 0.2) is 5.78 Å². The molecule has 1 saturated heterocycles. The Morgan fingerprint density at radius 3 is 2.76 bits per heavy atom. The van der Waals surface area contributed by atoms with Crippen molar-refractivity contribution in [3.05, 3.63) is 29.6 Å². The Morgan fingerprint density at radius 1 is 1.38 bits per heavy atom. The number of ether oxygens (including phenoxy) is 1. The quantitative estimate of drug-likeness (QED) is 0.886. The number of likely N-dealkylation sites (tertiary alicyclic amines) is 1. The SMILES string of the molecule is NC(=O)CN1CCC2(CC1)CC(=O)c1cc(F)ccc1O2. The van der Waals surface area contributed by atoms with Crippen molar-refractivity contribution in [2.45, 2.75) is 24.9 Å². The van der Waals surface area contributed by atoms with Crippen LogP contribution in [-0.2, 0) is 4.79 Å². The summed E-state index contributed by atoms with van der Waals surface area (Å²) in [6.45, 7) is 1.55. The number of halogens is 1. The van der Waals surface area contributed by atoms with Crippen LogP contribution in [0.15, 0.2) is 18.2 Å². The van der Waals surface area contributed by atoms with Crippen LogP contribution < -0.4 is 10.5 Å². The minimum absolute atomic E-state index is 0.0842. The van der Waals surface area contributed by atoms with Crippen molar-refractivity contribution in [2.75, 3.05) is 19.6 Å². The topological polar surface area (TPSA) is 72.6 Å². The van der Waals surface area contributed by atoms with Crippen molar-refractivity contribution < 1.29 is 18.7 Å². The molecule has 6 heteroatoms. The van der Waals surface area contributed by atoms with E-state index in [1.165, 1.54) is 18.2 Å². The molecule has 1 spiro atoms. The lowest BCUT2D eigenvalue weighted by molar-refractivity contribution is -0.120. The average molecular weight is 292 g/mol. The van der Waals surface area contributed by atoms with E-state index in [0.717, 1.165) is 0 Å². The van der Waals surface area contributed by atoms with Gasteiger partial charge in [0.05, 0.1) is 18.5 Å². The molecule has 2 aliphatic rings. The first-order chi connectivity index (χ1) is 9.97. The van der Waals surface area contributed by atoms with Gasteiger partial charge in [0.2, 0.25) is 5.91 Å². The maximum absolute atomic E-state index is 13.2. The molecule has 0 unspecified atom stereocenters. The maximum Gasteiger partial charge on any atom is 0.231 e. The van der Waals surface area contributed by atoms with Crippen LogP contribution in [-0.4, -0.2) is 41.8 Å². The highest BCUT2D eigenvalue weighted by molar-refractivity contribution is 6.00. The number of hydrogen-bond acceptors (Lipinski definition) is 4. The number of carbonyl (C=O) groups excluding carboxylic acids is 2. The largest absolute Gasteiger partial charge is 0.486 e. The molecular formula is C15H17FN2O3. The van der Waals surface area contributed by atoms with Gasteiger partial charge in [0.1, 0.15) is 17.2 Å². The molecule has 0 bridgehead atoms. The third-order valence-electron chi connectivity index (χ3n) is 4.20. The van der Waals surface area contributed by atoms with Crippen LogP contribution in [0, 0.1) is 5.82 Å². The van der Waals surface area contributed by atoms with E-state index in [1.54, 1.807) is 0 Å². The summed E-state index contributed by atoms with van der Waals surface area (Å²) in [5.41, 5.74) is 4.98. The van der Waals surface area contributed by atoms with E-state index >= 15 is 0 Å². The molecule has 1 fully saturated rings. The van der Waals surface area contributed by atoms with Crippen molar-refractivity contribution in [2.24, 2.45) is 5.73 Å². The predicted octanol–water partition coefficient (Wildman–Crippen LogP) is 1.11. The van der Waals surface area contributed by atoms with Crippen LogP contribution in [0.1, 0.15) is 29.6 Å². The highest BCUT2D eigenvalue weighted by Gasteiger charge is 2.43. The van der Waals surface area contributed by atoms with Crippen molar-refractivity contribution in [1.82, 2.24) is 4.90 Å². The Kier molecular flexibility index (Phi) is 3.41. The van der Waals surface area contributed by atoms with Gasteiger partial charge in [-0.05, 0) is 18.2 Å². The average Bonchev–Trinajstić information content (AvgIpc) is 2.42. The van der Waals surface area contributed by atoms with Crippen LogP contribution in [0.2, 0.25) is 0 Å². The van der Waals surface area contributed by atoms with Gasteiger partial charge in [-0.2, -0.15) is 0 Å². The number of benzene rings is 1. The first kappa shape index (κ1) is 14.0. The van der Waals surface area contributed by atoms with Crippen molar-refractivity contribution in [3.8, 4) is 5.75 Å². The summed E-state index contributed by atoms with van der Waals surface area (Å²) >= 11 is 0. The van der Waals surface area contributed by atoms with Gasteiger partial charge in [0, 0.05) is 25.9 Å². The molecule has 5 nitrogen and oxygen atoms in total. The number of fused-ring (bicyclic) bond motifs is 1. The second-order valence-corrected chi connectivity index (χ2v) is 5.77. The molecule has 0 saturated carbocycles. The van der Waals surface area contributed by atoms with Gasteiger partial charge >= 0.3 is 0 Å². The van der Waals surface area contributed by atoms with Crippen LogP contribution >= 0.6 is 0 Å². The van der Waals surface area contributed by atoms with Crippen molar-refractivity contribution in [3.63, 3.8) is 0 Å². The fraction of sp³-hybridized carbons (Fsp3) is 0.467. The van der Waals surface area contributed by atoms with Crippen LogP contribution in [0.4, 0.5) is 4.39 Å². The van der Waals surface area contributed by atoms with E-state index in [-0.39, 0.29) is 24.7 Å². The molecule has 0 aliphatic carbocycles. The molecule has 0 radical (unpaired) electrons. The van der Waals surface area contributed by atoms with Gasteiger partial charge in [-0.25, -0.2) is 4.39 Å². The van der Waals surface area contributed by atoms with Gasteiger partial charge in [-0.1, -0.05) is 0 Å². The van der Waals surface area contributed by atoms with Crippen LogP contribution in [0.3, 0.4) is 0 Å². The van der Waals surface area contributed by atoms with Crippen LogP contribution in [0.25, 0.3) is 0 Å². The van der Waals surface area contributed by atoms with E-state index in [9.17, 15) is 14.0 Å². The zero-order chi connectivity index (χ0) is 15.0. The molecule has 21 heavy (non-hydrogen) atoms. The minimum atomic E-state index is -0.532. The third-order valence-corrected chi connectivity index (χ3v) is 4.20. The lowest BCUT2D eigenvalue weighted by Gasteiger charge is -2.43. The van der Waals surface area contributed by atoms with E-state index in [2.05, 4.69) is 0 Å². The number of nitrogens with two attached hydrogens (primary N) is 1. The summed E-state index contributed by atoms with van der Waals surface area (Å²) in [6.07, 6.45) is 1.57. The van der Waals surface area contributed by atoms with Crippen LogP contribution in [0.5, 0.6) is 5.75 Å². The number of amides is 1. The normalized spacial score (nSPS) is 20.9. The number of piperidine rings is 1. The highest BCUT2D eigenvalue weighted by atomic mass is 19.1. The zero-order valence-corrected chi connectivity index (χ0v) is 11.6. The van der Waals surface area contributed by atoms with Gasteiger partial charge in [-0.15, -0.1) is 0 Å². The maximum atomic E-state index is 13.2. The number of rotatable bonds is 2. The minimum Gasteiger partial charge on any atom is -0.486 e. The number of hydrogen-bond donors (Lipinski definition) is 1. The molecule has 1 aromatic carbocycles. The number of Topliss-reactive ketones (excluding diaryl/α,β-unsaturated/α-hetero) is 1. The Labute approximate surface area is 121 Å². The highest BCUT2D eigenvalue weighted by Crippen LogP contribution is 2.39. The number of nitrogens with zero attached hydrogens (tertiary/aromatic N) is 1. The number of primary amides is 1.